The first-order valence-electron chi connectivity index (χ1n) is 9.38. The zero-order valence-electron chi connectivity index (χ0n) is 15.3. The molecule has 1 spiro atoms. The Kier molecular flexibility index (Phi) is 4.04. The Labute approximate surface area is 164 Å². The Hall–Kier alpha value is -2.29. The molecule has 3 aliphatic heterocycles. The molecule has 28 heavy (non-hydrogen) atoms. The Morgan fingerprint density at radius 1 is 1.14 bits per heavy atom. The summed E-state index contributed by atoms with van der Waals surface area (Å²) in [5.41, 5.74) is 0.657. The highest BCUT2D eigenvalue weighted by atomic mass is 32.2. The molecule has 3 aliphatic rings. The molecular weight excluding hydrogens is 378 g/mol. The van der Waals surface area contributed by atoms with Crippen LogP contribution in [0.1, 0.15) is 22.3 Å². The molecule has 1 aromatic carbocycles. The molecule has 3 fully saturated rings. The van der Waals surface area contributed by atoms with E-state index in [0.717, 1.165) is 5.56 Å². The van der Waals surface area contributed by atoms with E-state index in [1.807, 2.05) is 30.3 Å². The fourth-order valence-corrected chi connectivity index (χ4v) is 7.00. The van der Waals surface area contributed by atoms with Crippen molar-refractivity contribution in [2.75, 3.05) is 19.6 Å². The maximum absolute atomic E-state index is 13.2. The van der Waals surface area contributed by atoms with Crippen LogP contribution in [0.5, 0.6) is 0 Å². The van der Waals surface area contributed by atoms with Crippen molar-refractivity contribution in [1.82, 2.24) is 14.2 Å². The molecule has 0 N–H and O–H groups in total. The first-order valence-corrected chi connectivity index (χ1v) is 10.9. The van der Waals surface area contributed by atoms with Crippen LogP contribution in [0, 0.1) is 0 Å². The van der Waals surface area contributed by atoms with E-state index in [1.165, 1.54) is 4.31 Å². The largest absolute Gasteiger partial charge is 0.365 e. The van der Waals surface area contributed by atoms with E-state index < -0.39 is 20.9 Å². The summed E-state index contributed by atoms with van der Waals surface area (Å²) < 4.78 is 34.1. The summed E-state index contributed by atoms with van der Waals surface area (Å²) >= 11 is 0. The lowest BCUT2D eigenvalue weighted by Gasteiger charge is -2.39. The molecule has 5 rings (SSSR count). The number of likely N-dealkylation sites (tertiary alicyclic amines) is 1. The van der Waals surface area contributed by atoms with Crippen LogP contribution in [0.25, 0.3) is 0 Å². The average molecular weight is 399 g/mol. The van der Waals surface area contributed by atoms with Crippen molar-refractivity contribution in [3.63, 3.8) is 0 Å². The van der Waals surface area contributed by atoms with Gasteiger partial charge in [0.25, 0.3) is 5.91 Å². The van der Waals surface area contributed by atoms with E-state index in [2.05, 4.69) is 4.98 Å². The lowest BCUT2D eigenvalue weighted by molar-refractivity contribution is -0.0980. The topological polar surface area (TPSA) is 79.8 Å². The van der Waals surface area contributed by atoms with Gasteiger partial charge in [0.1, 0.15) is 10.9 Å². The molecule has 1 amide bonds. The van der Waals surface area contributed by atoms with Crippen molar-refractivity contribution >= 4 is 15.9 Å². The summed E-state index contributed by atoms with van der Waals surface area (Å²) in [6.07, 6.45) is 3.38. The van der Waals surface area contributed by atoms with E-state index in [-0.39, 0.29) is 18.6 Å². The highest BCUT2D eigenvalue weighted by molar-refractivity contribution is 7.90. The van der Waals surface area contributed by atoms with Gasteiger partial charge in [-0.25, -0.2) is 8.42 Å². The van der Waals surface area contributed by atoms with Crippen LogP contribution in [-0.4, -0.2) is 65.1 Å². The number of hydrogen-bond acceptors (Lipinski definition) is 5. The van der Waals surface area contributed by atoms with Crippen molar-refractivity contribution in [2.45, 2.75) is 29.9 Å². The van der Waals surface area contributed by atoms with Gasteiger partial charge in [-0.1, -0.05) is 30.3 Å². The van der Waals surface area contributed by atoms with E-state index >= 15 is 0 Å². The number of hydrogen-bond donors (Lipinski definition) is 0. The fourth-order valence-electron chi connectivity index (χ4n) is 4.71. The monoisotopic (exact) mass is 399 g/mol. The first kappa shape index (κ1) is 17.8. The minimum absolute atomic E-state index is 0.102. The van der Waals surface area contributed by atoms with Gasteiger partial charge in [-0.2, -0.15) is 4.31 Å². The number of pyridine rings is 1. The summed E-state index contributed by atoms with van der Waals surface area (Å²) in [5.74, 6) is -0.102. The zero-order valence-corrected chi connectivity index (χ0v) is 16.1. The first-order chi connectivity index (χ1) is 13.5. The molecule has 3 atom stereocenters. The smallest absolute Gasteiger partial charge is 0.254 e. The van der Waals surface area contributed by atoms with Gasteiger partial charge in [0, 0.05) is 37.6 Å². The van der Waals surface area contributed by atoms with Gasteiger partial charge >= 0.3 is 0 Å². The molecular formula is C20H21N3O4S. The van der Waals surface area contributed by atoms with Gasteiger partial charge in [0.05, 0.1) is 12.6 Å². The molecule has 7 nitrogen and oxygen atoms in total. The number of morpholine rings is 1. The minimum atomic E-state index is -3.48. The Morgan fingerprint density at radius 2 is 1.89 bits per heavy atom. The molecule has 0 saturated carbocycles. The van der Waals surface area contributed by atoms with Crippen molar-refractivity contribution in [2.24, 2.45) is 0 Å². The van der Waals surface area contributed by atoms with E-state index in [1.54, 1.807) is 29.4 Å². The highest BCUT2D eigenvalue weighted by Crippen LogP contribution is 2.47. The van der Waals surface area contributed by atoms with Crippen molar-refractivity contribution in [3.05, 3.63) is 66.0 Å². The molecule has 2 aromatic rings. The Morgan fingerprint density at radius 3 is 2.64 bits per heavy atom. The second kappa shape index (κ2) is 6.37. The molecule has 0 radical (unpaired) electrons. The third-order valence-electron chi connectivity index (χ3n) is 5.93. The molecule has 0 aliphatic carbocycles. The molecule has 2 bridgehead atoms. The van der Waals surface area contributed by atoms with Crippen LogP contribution in [0.15, 0.2) is 54.9 Å². The lowest BCUT2D eigenvalue weighted by atomic mass is 9.99. The van der Waals surface area contributed by atoms with Crippen LogP contribution in [0.4, 0.5) is 0 Å². The number of benzene rings is 1. The van der Waals surface area contributed by atoms with Gasteiger partial charge < -0.3 is 9.64 Å². The SMILES string of the molecule is O=C(c1ccncc1)N1C[C@H]2C[C@H]3[C@](C1)(CN(Cc1ccccc1)S3(=O)=O)O2. The van der Waals surface area contributed by atoms with Crippen LogP contribution in [0.3, 0.4) is 0 Å². The summed E-state index contributed by atoms with van der Waals surface area (Å²) in [7, 11) is -3.48. The van der Waals surface area contributed by atoms with E-state index in [0.29, 0.717) is 31.6 Å². The second-order valence-electron chi connectivity index (χ2n) is 7.75. The third-order valence-corrected chi connectivity index (χ3v) is 8.25. The third kappa shape index (κ3) is 2.75. The number of aromatic nitrogens is 1. The lowest BCUT2D eigenvalue weighted by Crippen LogP contribution is -2.56. The predicted octanol–water partition coefficient (Wildman–Crippen LogP) is 1.28. The molecule has 1 aromatic heterocycles. The standard InChI is InChI=1S/C20H21N3O4S/c24-19(16-6-8-21-9-7-16)22-12-17-10-18-20(13-22,27-17)14-23(28(18,25)26)11-15-4-2-1-3-5-15/h1-9,17-18H,10-14H2/t17-,18+,20+/m1/s1. The van der Waals surface area contributed by atoms with Gasteiger partial charge in [-0.15, -0.1) is 0 Å². The molecule has 146 valence electrons. The molecule has 4 heterocycles. The van der Waals surface area contributed by atoms with Crippen LogP contribution < -0.4 is 0 Å². The van der Waals surface area contributed by atoms with Gasteiger partial charge in [-0.05, 0) is 24.1 Å². The van der Waals surface area contributed by atoms with E-state index in [4.69, 9.17) is 4.74 Å². The Bertz CT molecular complexity index is 999. The number of ether oxygens (including phenoxy) is 1. The summed E-state index contributed by atoms with van der Waals surface area (Å²) in [4.78, 5) is 18.6. The van der Waals surface area contributed by atoms with E-state index in [9.17, 15) is 13.2 Å². The molecule has 8 heteroatoms. The van der Waals surface area contributed by atoms with Gasteiger partial charge in [-0.3, -0.25) is 9.78 Å². The van der Waals surface area contributed by atoms with Crippen molar-refractivity contribution in [3.8, 4) is 0 Å². The number of fused-ring (bicyclic) bond motifs is 1. The van der Waals surface area contributed by atoms with Crippen molar-refractivity contribution in [1.29, 1.82) is 0 Å². The van der Waals surface area contributed by atoms with Crippen LogP contribution in [0.2, 0.25) is 0 Å². The fraction of sp³-hybridized carbons (Fsp3) is 0.400. The maximum atomic E-state index is 13.2. The summed E-state index contributed by atoms with van der Waals surface area (Å²) in [6.45, 7) is 1.33. The zero-order chi connectivity index (χ0) is 19.4. The van der Waals surface area contributed by atoms with Gasteiger partial charge in [0.2, 0.25) is 10.0 Å². The highest BCUT2D eigenvalue weighted by Gasteiger charge is 2.65. The van der Waals surface area contributed by atoms with Gasteiger partial charge in [0.15, 0.2) is 0 Å². The number of sulfonamides is 1. The van der Waals surface area contributed by atoms with Crippen LogP contribution >= 0.6 is 0 Å². The van der Waals surface area contributed by atoms with Crippen LogP contribution in [-0.2, 0) is 21.3 Å². The predicted molar refractivity (Wildman–Crippen MR) is 102 cm³/mol. The number of amides is 1. The summed E-state index contributed by atoms with van der Waals surface area (Å²) in [5, 5.41) is -0.594. The Balaban J connectivity index is 1.42. The number of rotatable bonds is 3. The normalized spacial score (nSPS) is 30.9. The maximum Gasteiger partial charge on any atom is 0.254 e. The van der Waals surface area contributed by atoms with Crippen molar-refractivity contribution < 1.29 is 17.9 Å². The number of carbonyl (C=O) groups excluding carboxylic acids is 1. The molecule has 0 unspecified atom stereocenters. The number of carbonyl (C=O) groups is 1. The number of nitrogens with zero attached hydrogens (tertiary/aromatic N) is 3. The minimum Gasteiger partial charge on any atom is -0.365 e. The average Bonchev–Trinajstić information content (AvgIpc) is 3.08. The summed E-state index contributed by atoms with van der Waals surface area (Å²) in [6, 6.07) is 12.9. The quantitative estimate of drug-likeness (QED) is 0.777. The second-order valence-corrected chi connectivity index (χ2v) is 9.86. The molecule has 3 saturated heterocycles.